The summed E-state index contributed by atoms with van der Waals surface area (Å²) in [5.41, 5.74) is 9.98. The van der Waals surface area contributed by atoms with E-state index in [2.05, 4.69) is 5.43 Å². The minimum atomic E-state index is -0.501. The summed E-state index contributed by atoms with van der Waals surface area (Å²) in [6.45, 7) is 0. The third-order valence-electron chi connectivity index (χ3n) is 2.58. The lowest BCUT2D eigenvalue weighted by molar-refractivity contribution is 0.255. The molecule has 4 heteroatoms. The zero-order valence-corrected chi connectivity index (χ0v) is 7.90. The van der Waals surface area contributed by atoms with Gasteiger partial charge in [0.1, 0.15) is 0 Å². The highest BCUT2D eigenvalue weighted by Crippen LogP contribution is 2.38. The lowest BCUT2D eigenvalue weighted by Crippen LogP contribution is -2.37. The van der Waals surface area contributed by atoms with Crippen molar-refractivity contribution in [2.75, 3.05) is 10.4 Å². The van der Waals surface area contributed by atoms with Gasteiger partial charge in [0.15, 0.2) is 0 Å². The molecule has 0 saturated carbocycles. The predicted octanol–water partition coefficient (Wildman–Crippen LogP) is 2.07. The number of benzene rings is 2. The van der Waals surface area contributed by atoms with E-state index in [-0.39, 0.29) is 0 Å². The van der Waals surface area contributed by atoms with Crippen LogP contribution >= 0.6 is 0 Å². The third-order valence-corrected chi connectivity index (χ3v) is 2.58. The first-order valence-electron chi connectivity index (χ1n) is 4.65. The molecule has 0 radical (unpaired) electrons. The molecule has 1 aliphatic rings. The standard InChI is InChI=1S/C11H9N3O/c12-11(15)14-9-6-2-4-7-3-1-5-8(13-14)10(7)9/h1-6,13H,(H2,12,15). The van der Waals surface area contributed by atoms with Gasteiger partial charge in [0, 0.05) is 5.39 Å². The lowest BCUT2D eigenvalue weighted by Gasteiger charge is -2.14. The Labute approximate surface area is 86.3 Å². The Morgan fingerprint density at radius 2 is 1.93 bits per heavy atom. The summed E-state index contributed by atoms with van der Waals surface area (Å²) in [6, 6.07) is 11.2. The zero-order chi connectivity index (χ0) is 10.4. The van der Waals surface area contributed by atoms with Crippen molar-refractivity contribution in [3.8, 4) is 0 Å². The summed E-state index contributed by atoms with van der Waals surface area (Å²) >= 11 is 0. The molecule has 4 nitrogen and oxygen atoms in total. The number of rotatable bonds is 0. The van der Waals surface area contributed by atoms with Gasteiger partial charge in [-0.3, -0.25) is 5.43 Å². The van der Waals surface area contributed by atoms with Crippen LogP contribution in [0.5, 0.6) is 0 Å². The van der Waals surface area contributed by atoms with E-state index >= 15 is 0 Å². The van der Waals surface area contributed by atoms with E-state index in [1.54, 1.807) is 0 Å². The first-order valence-corrected chi connectivity index (χ1v) is 4.65. The highest BCUT2D eigenvalue weighted by Gasteiger charge is 2.23. The average molecular weight is 199 g/mol. The SMILES string of the molecule is NC(=O)N1Nc2cccc3cccc1c23. The van der Waals surface area contributed by atoms with Gasteiger partial charge in [0.2, 0.25) is 0 Å². The quantitative estimate of drug-likeness (QED) is 0.682. The fourth-order valence-corrected chi connectivity index (χ4v) is 1.96. The van der Waals surface area contributed by atoms with Crippen LogP contribution < -0.4 is 16.2 Å². The number of hydrogen-bond donors (Lipinski definition) is 2. The minimum Gasteiger partial charge on any atom is -0.350 e. The maximum atomic E-state index is 11.2. The fraction of sp³-hybridized carbons (Fsp3) is 0. The summed E-state index contributed by atoms with van der Waals surface area (Å²) in [5.74, 6) is 0. The molecule has 15 heavy (non-hydrogen) atoms. The summed E-state index contributed by atoms with van der Waals surface area (Å²) in [7, 11) is 0. The second kappa shape index (κ2) is 2.63. The summed E-state index contributed by atoms with van der Waals surface area (Å²) in [4.78, 5) is 11.2. The van der Waals surface area contributed by atoms with Crippen molar-refractivity contribution >= 4 is 28.2 Å². The van der Waals surface area contributed by atoms with Gasteiger partial charge in [-0.15, -0.1) is 0 Å². The van der Waals surface area contributed by atoms with E-state index in [1.807, 2.05) is 36.4 Å². The van der Waals surface area contributed by atoms with Gasteiger partial charge in [-0.1, -0.05) is 24.3 Å². The topological polar surface area (TPSA) is 58.4 Å². The number of urea groups is 1. The Hall–Kier alpha value is -2.23. The largest absolute Gasteiger partial charge is 0.350 e. The van der Waals surface area contributed by atoms with Crippen LogP contribution in [0.3, 0.4) is 0 Å². The van der Waals surface area contributed by atoms with Crippen LogP contribution in [-0.4, -0.2) is 6.03 Å². The summed E-state index contributed by atoms with van der Waals surface area (Å²) < 4.78 is 0. The highest BCUT2D eigenvalue weighted by molar-refractivity contribution is 6.13. The van der Waals surface area contributed by atoms with Crippen LogP contribution in [0.2, 0.25) is 0 Å². The first kappa shape index (κ1) is 8.11. The number of hydrazine groups is 1. The van der Waals surface area contributed by atoms with Crippen LogP contribution in [0.15, 0.2) is 36.4 Å². The number of nitrogens with one attached hydrogen (secondary N) is 1. The predicted molar refractivity (Wildman–Crippen MR) is 59.6 cm³/mol. The van der Waals surface area contributed by atoms with Gasteiger partial charge >= 0.3 is 6.03 Å². The van der Waals surface area contributed by atoms with E-state index in [0.29, 0.717) is 0 Å². The molecule has 74 valence electrons. The number of hydrogen-bond acceptors (Lipinski definition) is 2. The Morgan fingerprint density at radius 1 is 1.20 bits per heavy atom. The molecule has 0 aliphatic carbocycles. The van der Waals surface area contributed by atoms with Gasteiger partial charge in [-0.05, 0) is 17.5 Å². The average Bonchev–Trinajstić information content (AvgIpc) is 2.61. The second-order valence-electron chi connectivity index (χ2n) is 3.47. The number of nitrogens with two attached hydrogens (primary N) is 1. The molecular formula is C11H9N3O. The Balaban J connectivity index is 2.36. The molecule has 0 spiro atoms. The van der Waals surface area contributed by atoms with E-state index in [4.69, 9.17) is 5.73 Å². The molecule has 2 amide bonds. The molecular weight excluding hydrogens is 190 g/mol. The number of carbonyl (C=O) groups excluding carboxylic acids is 1. The Kier molecular flexibility index (Phi) is 1.42. The Morgan fingerprint density at radius 3 is 2.67 bits per heavy atom. The van der Waals surface area contributed by atoms with Crippen LogP contribution in [0.4, 0.5) is 16.2 Å². The summed E-state index contributed by atoms with van der Waals surface area (Å²) in [5, 5.41) is 3.50. The number of amides is 2. The van der Waals surface area contributed by atoms with Crippen molar-refractivity contribution in [2.45, 2.75) is 0 Å². The fourth-order valence-electron chi connectivity index (χ4n) is 1.96. The third kappa shape index (κ3) is 0.985. The van der Waals surface area contributed by atoms with Crippen LogP contribution in [0.1, 0.15) is 0 Å². The molecule has 0 aromatic heterocycles. The molecule has 0 fully saturated rings. The van der Waals surface area contributed by atoms with Gasteiger partial charge in [-0.25, -0.2) is 9.80 Å². The lowest BCUT2D eigenvalue weighted by atomic mass is 10.1. The van der Waals surface area contributed by atoms with E-state index in [1.165, 1.54) is 5.01 Å². The van der Waals surface area contributed by atoms with Crippen molar-refractivity contribution in [3.05, 3.63) is 36.4 Å². The van der Waals surface area contributed by atoms with Crippen LogP contribution in [-0.2, 0) is 0 Å². The zero-order valence-electron chi connectivity index (χ0n) is 7.90. The van der Waals surface area contributed by atoms with Gasteiger partial charge in [0.05, 0.1) is 11.4 Å². The maximum absolute atomic E-state index is 11.2. The summed E-state index contributed by atoms with van der Waals surface area (Å²) in [6.07, 6.45) is 0. The number of carbonyl (C=O) groups is 1. The van der Waals surface area contributed by atoms with Gasteiger partial charge in [0.25, 0.3) is 0 Å². The first-order chi connectivity index (χ1) is 7.27. The van der Waals surface area contributed by atoms with Gasteiger partial charge in [-0.2, -0.15) is 0 Å². The number of nitrogens with zero attached hydrogens (tertiary/aromatic N) is 1. The molecule has 0 bridgehead atoms. The van der Waals surface area contributed by atoms with Crippen molar-refractivity contribution in [3.63, 3.8) is 0 Å². The second-order valence-corrected chi connectivity index (χ2v) is 3.47. The molecule has 2 aromatic carbocycles. The highest BCUT2D eigenvalue weighted by atomic mass is 16.2. The van der Waals surface area contributed by atoms with E-state index < -0.39 is 6.03 Å². The van der Waals surface area contributed by atoms with Crippen molar-refractivity contribution in [2.24, 2.45) is 5.73 Å². The van der Waals surface area contributed by atoms with Crippen LogP contribution in [0, 0.1) is 0 Å². The smallest absolute Gasteiger partial charge is 0.338 e. The van der Waals surface area contributed by atoms with E-state index in [0.717, 1.165) is 22.1 Å². The van der Waals surface area contributed by atoms with Crippen LogP contribution in [0.25, 0.3) is 10.8 Å². The molecule has 2 aromatic rings. The van der Waals surface area contributed by atoms with Crippen molar-refractivity contribution in [1.29, 1.82) is 0 Å². The number of anilines is 2. The molecule has 0 saturated heterocycles. The Bertz CT molecular complexity index is 560. The molecule has 0 atom stereocenters. The van der Waals surface area contributed by atoms with Crippen molar-refractivity contribution < 1.29 is 4.79 Å². The molecule has 3 N–H and O–H groups in total. The normalized spacial score (nSPS) is 12.9. The molecule has 3 rings (SSSR count). The molecule has 0 unspecified atom stereocenters. The van der Waals surface area contributed by atoms with Gasteiger partial charge < -0.3 is 5.73 Å². The maximum Gasteiger partial charge on any atom is 0.338 e. The molecule has 1 aliphatic heterocycles. The molecule has 1 heterocycles. The minimum absolute atomic E-state index is 0.501. The van der Waals surface area contributed by atoms with E-state index in [9.17, 15) is 4.79 Å². The van der Waals surface area contributed by atoms with Crippen molar-refractivity contribution in [1.82, 2.24) is 0 Å². The monoisotopic (exact) mass is 199 g/mol. The number of primary amides is 1.